The lowest BCUT2D eigenvalue weighted by Gasteiger charge is -2.31. The predicted octanol–water partition coefficient (Wildman–Crippen LogP) is -1.44. The third-order valence-corrected chi connectivity index (χ3v) is 14.9. The summed E-state index contributed by atoms with van der Waals surface area (Å²) in [6.07, 6.45) is 5.80. The van der Waals surface area contributed by atoms with Crippen molar-refractivity contribution in [3.8, 4) is 5.75 Å². The highest BCUT2D eigenvalue weighted by atomic mass is 16.3. The molecule has 28 heteroatoms. The van der Waals surface area contributed by atoms with E-state index in [1.807, 2.05) is 19.9 Å². The minimum atomic E-state index is -1.75. The number of rotatable bonds is 32. The number of carbonyl (C=O) groups excluding carboxylic acids is 10. The summed E-state index contributed by atoms with van der Waals surface area (Å²) in [6.45, 7) is 8.82. The number of fused-ring (bicyclic) bond motifs is 1. The standard InChI is InChI=1S/C59H84N16O12/c1-6-63-57(86)48-14-10-22-75(48)58(87)41(13-9-21-64-59(60)61)68-51(80)42(23-32(2)3)69-52(81)43(24-33(4)5)70-53(82)44(25-34-15-17-37(77)18-16-34)71-56(85)47(30-76)74-54(83)45(26-35-28-65-39-12-8-7-11-38(35)39)72-55(84)46(27-36-29-62-31-66-36)73-50(79)40-19-20-49(78)67-40/h7-8,11-12,15-18,28-29,31-33,40-48,65,76-77H,6,9-10,13-14,19-27,30H2,1-5H3,(H,62,66)(H,63,86)(H,67,78)(H,68,80)(H,69,81)(H,70,82)(H,71,85)(H,72,84)(H,73,79)(H,74,83)(H4,60,61,64)/t40-,41-,42+,43-,44-,45-,46-,47-,48-/m0/s1. The largest absolute Gasteiger partial charge is 0.508 e. The summed E-state index contributed by atoms with van der Waals surface area (Å²) in [5.41, 5.74) is 13.3. The Labute approximate surface area is 504 Å². The van der Waals surface area contributed by atoms with Crippen LogP contribution >= 0.6 is 0 Å². The number of nitrogens with one attached hydrogen (secondary N) is 11. The molecule has 0 saturated carbocycles. The van der Waals surface area contributed by atoms with E-state index in [0.29, 0.717) is 41.6 Å². The van der Waals surface area contributed by atoms with E-state index in [0.717, 1.165) is 5.52 Å². The number of aliphatic hydroxyl groups is 1. The summed E-state index contributed by atoms with van der Waals surface area (Å²) < 4.78 is 0. The Kier molecular flexibility index (Phi) is 25.0. The molecule has 9 atom stereocenters. The van der Waals surface area contributed by atoms with Gasteiger partial charge in [-0.05, 0) is 93.0 Å². The van der Waals surface area contributed by atoms with Gasteiger partial charge in [-0.1, -0.05) is 58.0 Å². The fourth-order valence-electron chi connectivity index (χ4n) is 10.5. The third kappa shape index (κ3) is 20.0. The molecule has 4 heterocycles. The number of likely N-dealkylation sites (tertiary alicyclic amines) is 1. The molecular weight excluding hydrogens is 1120 g/mol. The van der Waals surface area contributed by atoms with Crippen molar-refractivity contribution in [1.29, 1.82) is 0 Å². The lowest BCUT2D eigenvalue weighted by molar-refractivity contribution is -0.142. The van der Waals surface area contributed by atoms with Gasteiger partial charge in [-0.15, -0.1) is 0 Å². The van der Waals surface area contributed by atoms with Crippen LogP contribution in [0.2, 0.25) is 0 Å². The van der Waals surface area contributed by atoms with E-state index in [1.54, 1.807) is 45.2 Å². The molecule has 10 amide bonds. The average molecular weight is 1210 g/mol. The van der Waals surface area contributed by atoms with Crippen LogP contribution in [0.3, 0.4) is 0 Å². The maximum atomic E-state index is 14.7. The van der Waals surface area contributed by atoms with Crippen LogP contribution in [0.25, 0.3) is 10.9 Å². The number of amides is 10. The summed E-state index contributed by atoms with van der Waals surface area (Å²) in [5, 5.41) is 45.9. The van der Waals surface area contributed by atoms with Gasteiger partial charge in [-0.25, -0.2) is 4.98 Å². The second-order valence-electron chi connectivity index (χ2n) is 22.8. The van der Waals surface area contributed by atoms with Crippen molar-refractivity contribution in [2.24, 2.45) is 28.3 Å². The van der Waals surface area contributed by atoms with Crippen LogP contribution < -0.4 is 59.3 Å². The number of guanidine groups is 1. The Bertz CT molecular complexity index is 3050. The number of aromatic amines is 2. The molecule has 0 bridgehead atoms. The number of aliphatic imine (C=N–C) groups is 1. The van der Waals surface area contributed by atoms with Crippen molar-refractivity contribution in [3.63, 3.8) is 0 Å². The number of phenols is 1. The molecule has 4 aromatic rings. The molecule has 17 N–H and O–H groups in total. The van der Waals surface area contributed by atoms with E-state index >= 15 is 0 Å². The minimum Gasteiger partial charge on any atom is -0.508 e. The Morgan fingerprint density at radius 1 is 0.701 bits per heavy atom. The molecule has 2 aliphatic rings. The number of nitrogens with two attached hydrogens (primary N) is 2. The summed E-state index contributed by atoms with van der Waals surface area (Å²) in [6, 6.07) is 1.58. The SMILES string of the molecule is CCNC(=O)[C@@H]1CCCN1C(=O)[C@H](CCCN=C(N)N)NC(=O)[C@@H](CC(C)C)NC(=O)[C@H](CC(C)C)NC(=O)[C@H](Cc1ccc(O)cc1)NC(=O)[C@H](CO)NC(=O)[C@H](Cc1c[nH]c2ccccc12)NC(=O)[C@H](Cc1cnc[nH]1)NC(=O)[C@@H]1CCC(=O)N1. The number of carbonyl (C=O) groups is 10. The zero-order valence-corrected chi connectivity index (χ0v) is 49.8. The van der Waals surface area contributed by atoms with E-state index in [-0.39, 0.29) is 106 Å². The van der Waals surface area contributed by atoms with Crippen LogP contribution in [0.1, 0.15) is 103 Å². The quantitative estimate of drug-likeness (QED) is 0.0151. The van der Waals surface area contributed by atoms with Gasteiger partial charge in [-0.3, -0.25) is 52.9 Å². The van der Waals surface area contributed by atoms with Crippen molar-refractivity contribution in [1.82, 2.24) is 67.7 Å². The molecular formula is C59H84N16O12. The number of hydrogen-bond acceptors (Lipinski definition) is 14. The number of phenolic OH excluding ortho intramolecular Hbond substituents is 1. The predicted molar refractivity (Wildman–Crippen MR) is 320 cm³/mol. The summed E-state index contributed by atoms with van der Waals surface area (Å²) in [4.78, 5) is 155. The van der Waals surface area contributed by atoms with Gasteiger partial charge in [0.2, 0.25) is 59.1 Å². The van der Waals surface area contributed by atoms with E-state index in [2.05, 4.69) is 67.8 Å². The maximum Gasteiger partial charge on any atom is 0.245 e. The van der Waals surface area contributed by atoms with Gasteiger partial charge in [-0.2, -0.15) is 0 Å². The highest BCUT2D eigenvalue weighted by molar-refractivity contribution is 5.99. The second kappa shape index (κ2) is 32.4. The number of imidazole rings is 1. The molecule has 28 nitrogen and oxygen atoms in total. The van der Waals surface area contributed by atoms with Crippen molar-refractivity contribution in [3.05, 3.63) is 84.1 Å². The van der Waals surface area contributed by atoms with Crippen molar-refractivity contribution >= 4 is 75.9 Å². The van der Waals surface area contributed by atoms with Gasteiger partial charge in [0.1, 0.15) is 60.1 Å². The van der Waals surface area contributed by atoms with Gasteiger partial charge < -0.3 is 84.4 Å². The lowest BCUT2D eigenvalue weighted by Crippen LogP contribution is -2.61. The van der Waals surface area contributed by atoms with Crippen molar-refractivity contribution in [2.45, 2.75) is 160 Å². The van der Waals surface area contributed by atoms with Crippen LogP contribution in [0.5, 0.6) is 5.75 Å². The van der Waals surface area contributed by atoms with E-state index in [1.165, 1.54) is 41.7 Å². The number of para-hydroxylation sites is 1. The van der Waals surface area contributed by atoms with Crippen LogP contribution in [0.4, 0.5) is 0 Å². The molecule has 2 aliphatic heterocycles. The molecule has 0 aliphatic carbocycles. The second-order valence-corrected chi connectivity index (χ2v) is 22.8. The first-order valence-electron chi connectivity index (χ1n) is 29.5. The first-order chi connectivity index (χ1) is 41.5. The molecule has 2 aromatic carbocycles. The van der Waals surface area contributed by atoms with E-state index in [4.69, 9.17) is 11.5 Å². The minimum absolute atomic E-state index is 0.0397. The van der Waals surface area contributed by atoms with Crippen LogP contribution in [0, 0.1) is 11.8 Å². The molecule has 2 aromatic heterocycles. The summed E-state index contributed by atoms with van der Waals surface area (Å²) in [5.74, 6) is -7.55. The molecule has 0 radical (unpaired) electrons. The number of nitrogens with zero attached hydrogens (tertiary/aromatic N) is 3. The summed E-state index contributed by atoms with van der Waals surface area (Å²) >= 11 is 0. The molecule has 0 unspecified atom stereocenters. The number of H-pyrrole nitrogens is 2. The van der Waals surface area contributed by atoms with Gasteiger partial charge >= 0.3 is 0 Å². The Hall–Kier alpha value is -9.08. The lowest BCUT2D eigenvalue weighted by atomic mass is 9.98. The fraction of sp³-hybridized carbons (Fsp3) is 0.525. The van der Waals surface area contributed by atoms with Crippen LogP contribution in [-0.2, 0) is 67.2 Å². The third-order valence-electron chi connectivity index (χ3n) is 14.9. The molecule has 0 spiro atoms. The number of hydrogen-bond donors (Lipinski definition) is 15. The molecule has 2 fully saturated rings. The number of aliphatic hydroxyl groups excluding tert-OH is 1. The normalized spacial score (nSPS) is 17.1. The topological polar surface area (TPSA) is 432 Å². The summed E-state index contributed by atoms with van der Waals surface area (Å²) in [7, 11) is 0. The highest BCUT2D eigenvalue weighted by Gasteiger charge is 2.40. The average Bonchev–Trinajstić information content (AvgIpc) is 2.39. The number of benzene rings is 2. The molecule has 472 valence electrons. The number of aromatic hydroxyl groups is 1. The Morgan fingerprint density at radius 3 is 1.85 bits per heavy atom. The van der Waals surface area contributed by atoms with Gasteiger partial charge in [0.15, 0.2) is 5.96 Å². The van der Waals surface area contributed by atoms with Gasteiger partial charge in [0.05, 0.1) is 12.9 Å². The van der Waals surface area contributed by atoms with E-state index < -0.39 is 108 Å². The molecule has 6 rings (SSSR count). The zero-order chi connectivity index (χ0) is 63.3. The number of aromatic nitrogens is 3. The van der Waals surface area contributed by atoms with Crippen molar-refractivity contribution < 1.29 is 58.2 Å². The molecule has 2 saturated heterocycles. The fourth-order valence-corrected chi connectivity index (χ4v) is 10.5. The van der Waals surface area contributed by atoms with Crippen molar-refractivity contribution in [2.75, 3.05) is 26.2 Å². The first kappa shape index (κ1) is 67.1. The van der Waals surface area contributed by atoms with Gasteiger partial charge in [0.25, 0.3) is 0 Å². The Morgan fingerprint density at radius 2 is 1.28 bits per heavy atom. The smallest absolute Gasteiger partial charge is 0.245 e. The molecule has 87 heavy (non-hydrogen) atoms. The van der Waals surface area contributed by atoms with Gasteiger partial charge in [0, 0.05) is 74.3 Å². The van der Waals surface area contributed by atoms with E-state index in [9.17, 15) is 58.2 Å². The first-order valence-corrected chi connectivity index (χ1v) is 29.5. The van der Waals surface area contributed by atoms with Crippen LogP contribution in [0.15, 0.2) is 72.2 Å². The highest BCUT2D eigenvalue weighted by Crippen LogP contribution is 2.22. The zero-order valence-electron chi connectivity index (χ0n) is 49.8. The number of likely N-dealkylation sites (N-methyl/N-ethyl adjacent to an activating group) is 1. The van der Waals surface area contributed by atoms with Crippen LogP contribution in [-0.4, -0.2) is 176 Å². The monoisotopic (exact) mass is 1210 g/mol. The Balaban J connectivity index is 1.22. The maximum absolute atomic E-state index is 14.7.